The minimum Gasteiger partial charge on any atom is -0.480 e. The molecule has 1 aromatic rings. The van der Waals surface area contributed by atoms with Gasteiger partial charge in [-0.05, 0) is 5.56 Å². The van der Waals surface area contributed by atoms with Crippen LogP contribution >= 0.6 is 0 Å². The van der Waals surface area contributed by atoms with Gasteiger partial charge in [0.15, 0.2) is 0 Å². The minimum absolute atomic E-state index is 0.0992. The lowest BCUT2D eigenvalue weighted by molar-refractivity contribution is -0.139. The van der Waals surface area contributed by atoms with E-state index >= 15 is 0 Å². The molecule has 9 heteroatoms. The van der Waals surface area contributed by atoms with Crippen molar-refractivity contribution in [2.24, 2.45) is 0 Å². The second-order valence-electron chi connectivity index (χ2n) is 3.25. The fraction of sp³-hybridized carbons (Fsp3) is 0.222. The lowest BCUT2D eigenvalue weighted by atomic mass is 10.1. The van der Waals surface area contributed by atoms with E-state index in [4.69, 9.17) is 5.11 Å². The van der Waals surface area contributed by atoms with Crippen molar-refractivity contribution in [1.29, 1.82) is 0 Å². The smallest absolute Gasteiger partial charge is 0.480 e. The number of carboxylic acid groups (broad SMARTS) is 1. The van der Waals surface area contributed by atoms with E-state index in [0.29, 0.717) is 0 Å². The first-order valence-electron chi connectivity index (χ1n) is 4.51. The fourth-order valence-electron chi connectivity index (χ4n) is 1.13. The molecule has 0 amide bonds. The van der Waals surface area contributed by atoms with Gasteiger partial charge in [-0.25, -0.2) is 8.42 Å². The van der Waals surface area contributed by atoms with Gasteiger partial charge in [0.1, 0.15) is 6.04 Å². The van der Waals surface area contributed by atoms with E-state index in [0.717, 1.165) is 4.72 Å². The van der Waals surface area contributed by atoms with Gasteiger partial charge in [0.25, 0.3) is 0 Å². The number of hydrogen-bond donors (Lipinski definition) is 2. The predicted molar refractivity (Wildman–Crippen MR) is 54.9 cm³/mol. The number of alkyl halides is 3. The van der Waals surface area contributed by atoms with Crippen molar-refractivity contribution >= 4 is 16.0 Å². The second kappa shape index (κ2) is 4.94. The normalized spacial score (nSPS) is 14.2. The van der Waals surface area contributed by atoms with Gasteiger partial charge in [-0.3, -0.25) is 4.79 Å². The van der Waals surface area contributed by atoms with Crippen molar-refractivity contribution in [3.05, 3.63) is 35.9 Å². The van der Waals surface area contributed by atoms with Crippen LogP contribution < -0.4 is 4.72 Å². The number of hydrogen-bond acceptors (Lipinski definition) is 3. The lowest BCUT2D eigenvalue weighted by Crippen LogP contribution is -2.41. The molecule has 0 aliphatic heterocycles. The molecule has 0 spiro atoms. The van der Waals surface area contributed by atoms with Gasteiger partial charge in [-0.1, -0.05) is 30.3 Å². The van der Waals surface area contributed by atoms with Crippen LogP contribution in [-0.4, -0.2) is 25.0 Å². The fourth-order valence-corrected chi connectivity index (χ4v) is 1.81. The average molecular weight is 283 g/mol. The Morgan fingerprint density at radius 2 is 1.72 bits per heavy atom. The first kappa shape index (κ1) is 14.5. The minimum atomic E-state index is -5.72. The van der Waals surface area contributed by atoms with Crippen LogP contribution in [0.1, 0.15) is 11.6 Å². The second-order valence-corrected chi connectivity index (χ2v) is 4.95. The molecule has 0 saturated carbocycles. The molecule has 0 aromatic heterocycles. The van der Waals surface area contributed by atoms with Crippen LogP contribution in [0.3, 0.4) is 0 Å². The summed E-state index contributed by atoms with van der Waals surface area (Å²) in [5.41, 5.74) is -5.66. The quantitative estimate of drug-likeness (QED) is 0.871. The van der Waals surface area contributed by atoms with Gasteiger partial charge < -0.3 is 5.11 Å². The van der Waals surface area contributed by atoms with E-state index in [-0.39, 0.29) is 5.56 Å². The molecular weight excluding hydrogens is 275 g/mol. The van der Waals surface area contributed by atoms with Crippen LogP contribution in [0.15, 0.2) is 30.3 Å². The topological polar surface area (TPSA) is 83.5 Å². The van der Waals surface area contributed by atoms with Gasteiger partial charge >= 0.3 is 21.5 Å². The molecule has 1 rings (SSSR count). The summed E-state index contributed by atoms with van der Waals surface area (Å²) in [7, 11) is -5.72. The standard InChI is InChI=1S/C9H8F3NO4S/c10-9(11,12)18(16,17)13-7(8(14)15)6-4-2-1-3-5-6/h1-5,7,13H,(H,14,15)/t7-/m0/s1. The van der Waals surface area contributed by atoms with Crippen molar-refractivity contribution in [1.82, 2.24) is 4.72 Å². The van der Waals surface area contributed by atoms with Crippen LogP contribution in [0.4, 0.5) is 13.2 Å². The molecule has 5 nitrogen and oxygen atoms in total. The van der Waals surface area contributed by atoms with Crippen molar-refractivity contribution < 1.29 is 31.5 Å². The Bertz CT molecular complexity index is 526. The Labute approximate surface area is 100 Å². The largest absolute Gasteiger partial charge is 0.511 e. The Morgan fingerprint density at radius 1 is 1.22 bits per heavy atom. The van der Waals surface area contributed by atoms with Gasteiger partial charge in [0.05, 0.1) is 0 Å². The van der Waals surface area contributed by atoms with E-state index in [1.54, 1.807) is 0 Å². The Balaban J connectivity index is 3.08. The molecule has 0 heterocycles. The van der Waals surface area contributed by atoms with Gasteiger partial charge in [0.2, 0.25) is 0 Å². The molecule has 100 valence electrons. The molecule has 2 N–H and O–H groups in total. The molecule has 1 atom stereocenters. The van der Waals surface area contributed by atoms with E-state index < -0.39 is 27.5 Å². The Morgan fingerprint density at radius 3 is 2.11 bits per heavy atom. The molecule has 0 radical (unpaired) electrons. The predicted octanol–water partition coefficient (Wildman–Crippen LogP) is 1.25. The zero-order valence-electron chi connectivity index (χ0n) is 8.68. The van der Waals surface area contributed by atoms with E-state index in [1.165, 1.54) is 30.3 Å². The maximum Gasteiger partial charge on any atom is 0.511 e. The van der Waals surface area contributed by atoms with Gasteiger partial charge in [-0.15, -0.1) is 0 Å². The maximum atomic E-state index is 12.1. The number of benzene rings is 1. The summed E-state index contributed by atoms with van der Waals surface area (Å²) in [6.45, 7) is 0. The number of carboxylic acids is 1. The zero-order valence-corrected chi connectivity index (χ0v) is 9.49. The highest BCUT2D eigenvalue weighted by molar-refractivity contribution is 7.90. The molecule has 0 saturated heterocycles. The summed E-state index contributed by atoms with van der Waals surface area (Å²) in [6.07, 6.45) is 0. The summed E-state index contributed by atoms with van der Waals surface area (Å²) in [5.74, 6) is -1.73. The van der Waals surface area contributed by atoms with Crippen LogP contribution in [0.25, 0.3) is 0 Å². The number of nitrogens with one attached hydrogen (secondary N) is 1. The SMILES string of the molecule is O=C(O)[C@@H](NS(=O)(=O)C(F)(F)F)c1ccccc1. The van der Waals surface area contributed by atoms with Crippen molar-refractivity contribution in [3.8, 4) is 0 Å². The number of carbonyl (C=O) groups is 1. The third kappa shape index (κ3) is 3.20. The molecule has 0 aliphatic rings. The molecule has 18 heavy (non-hydrogen) atoms. The van der Waals surface area contributed by atoms with E-state index in [9.17, 15) is 26.4 Å². The lowest BCUT2D eigenvalue weighted by Gasteiger charge is -2.16. The van der Waals surface area contributed by atoms with Crippen LogP contribution in [0.5, 0.6) is 0 Å². The number of halogens is 3. The number of aliphatic carboxylic acids is 1. The summed E-state index contributed by atoms with van der Waals surface area (Å²) in [6, 6.07) is 4.70. The van der Waals surface area contributed by atoms with Crippen LogP contribution in [0.2, 0.25) is 0 Å². The van der Waals surface area contributed by atoms with Gasteiger partial charge in [-0.2, -0.15) is 17.9 Å². The number of sulfonamides is 1. The molecule has 0 fully saturated rings. The van der Waals surface area contributed by atoms with E-state index in [1.807, 2.05) is 0 Å². The van der Waals surface area contributed by atoms with Crippen molar-refractivity contribution in [2.45, 2.75) is 11.6 Å². The van der Waals surface area contributed by atoms with E-state index in [2.05, 4.69) is 0 Å². The van der Waals surface area contributed by atoms with Gasteiger partial charge in [0, 0.05) is 0 Å². The maximum absolute atomic E-state index is 12.1. The molecule has 1 aromatic carbocycles. The highest BCUT2D eigenvalue weighted by Gasteiger charge is 2.47. The van der Waals surface area contributed by atoms with Crippen molar-refractivity contribution in [3.63, 3.8) is 0 Å². The molecule has 0 bridgehead atoms. The molecule has 0 unspecified atom stereocenters. The monoisotopic (exact) mass is 283 g/mol. The Hall–Kier alpha value is -1.61. The van der Waals surface area contributed by atoms with Crippen LogP contribution in [0, 0.1) is 0 Å². The summed E-state index contributed by atoms with van der Waals surface area (Å²) in [5, 5.41) is 8.76. The van der Waals surface area contributed by atoms with Crippen LogP contribution in [-0.2, 0) is 14.8 Å². The first-order valence-corrected chi connectivity index (χ1v) is 6.00. The number of rotatable bonds is 4. The zero-order chi connectivity index (χ0) is 14.0. The van der Waals surface area contributed by atoms with Crippen molar-refractivity contribution in [2.75, 3.05) is 0 Å². The highest BCUT2D eigenvalue weighted by Crippen LogP contribution is 2.25. The summed E-state index contributed by atoms with van der Waals surface area (Å²) < 4.78 is 59.2. The highest BCUT2D eigenvalue weighted by atomic mass is 32.2. The Kier molecular flexibility index (Phi) is 3.97. The molecular formula is C9H8F3NO4S. The summed E-state index contributed by atoms with van der Waals surface area (Å²) in [4.78, 5) is 10.8. The third-order valence-electron chi connectivity index (χ3n) is 1.96. The first-order chi connectivity index (χ1) is 8.15. The third-order valence-corrected chi connectivity index (χ3v) is 3.11. The molecule has 0 aliphatic carbocycles. The average Bonchev–Trinajstić information content (AvgIpc) is 2.25. The summed E-state index contributed by atoms with van der Waals surface area (Å²) >= 11 is 0.